The average Bonchev–Trinajstić information content (AvgIpc) is 2.91. The van der Waals surface area contributed by atoms with Crippen LogP contribution in [0.4, 0.5) is 4.39 Å². The third-order valence-corrected chi connectivity index (χ3v) is 4.67. The van der Waals surface area contributed by atoms with Crippen molar-refractivity contribution in [2.24, 2.45) is 0 Å². The van der Waals surface area contributed by atoms with Gasteiger partial charge in [0.15, 0.2) is 0 Å². The van der Waals surface area contributed by atoms with E-state index in [0.29, 0.717) is 0 Å². The van der Waals surface area contributed by atoms with Crippen LogP contribution in [-0.2, 0) is 11.2 Å². The molecule has 24 heavy (non-hydrogen) atoms. The van der Waals surface area contributed by atoms with Crippen molar-refractivity contribution < 1.29 is 9.18 Å². The van der Waals surface area contributed by atoms with Gasteiger partial charge in [0.2, 0.25) is 5.91 Å². The lowest BCUT2D eigenvalue weighted by Crippen LogP contribution is -2.39. The van der Waals surface area contributed by atoms with Crippen molar-refractivity contribution in [3.63, 3.8) is 0 Å². The number of benzene rings is 1. The van der Waals surface area contributed by atoms with Crippen LogP contribution in [0.2, 0.25) is 5.02 Å². The molecule has 1 aromatic heterocycles. The molecule has 0 bridgehead atoms. The molecular formula is C18H19ClFN3O. The fourth-order valence-electron chi connectivity index (χ4n) is 3.23. The van der Waals surface area contributed by atoms with Crippen LogP contribution in [0.1, 0.15) is 23.6 Å². The number of likely N-dealkylation sites (N-methyl/N-ethyl adjacent to an activating group) is 1. The normalized spacial score (nSPS) is 21.0. The Balaban J connectivity index is 1.72. The predicted molar refractivity (Wildman–Crippen MR) is 91.3 cm³/mol. The van der Waals surface area contributed by atoms with Gasteiger partial charge in [-0.1, -0.05) is 23.7 Å². The summed E-state index contributed by atoms with van der Waals surface area (Å²) < 4.78 is 13.8. The molecule has 1 saturated heterocycles. The first-order valence-electron chi connectivity index (χ1n) is 7.88. The lowest BCUT2D eigenvalue weighted by atomic mass is 9.99. The molecule has 0 saturated carbocycles. The highest BCUT2D eigenvalue weighted by atomic mass is 35.5. The quantitative estimate of drug-likeness (QED) is 0.924. The van der Waals surface area contributed by atoms with Gasteiger partial charge < -0.3 is 5.32 Å². The van der Waals surface area contributed by atoms with Crippen LogP contribution in [0.3, 0.4) is 0 Å². The summed E-state index contributed by atoms with van der Waals surface area (Å²) in [6, 6.07) is 8.40. The van der Waals surface area contributed by atoms with Gasteiger partial charge in [0.05, 0.1) is 17.5 Å². The largest absolute Gasteiger partial charge is 0.351 e. The second kappa shape index (κ2) is 7.28. The van der Waals surface area contributed by atoms with Gasteiger partial charge in [-0.15, -0.1) is 0 Å². The molecule has 1 aromatic carbocycles. The fraction of sp³-hybridized carbons (Fsp3) is 0.333. The van der Waals surface area contributed by atoms with E-state index in [1.807, 2.05) is 25.2 Å². The van der Waals surface area contributed by atoms with E-state index >= 15 is 0 Å². The lowest BCUT2D eigenvalue weighted by molar-refractivity contribution is -0.121. The summed E-state index contributed by atoms with van der Waals surface area (Å²) >= 11 is 5.77. The summed E-state index contributed by atoms with van der Waals surface area (Å²) in [7, 11) is 1.98. The maximum atomic E-state index is 13.8. The summed E-state index contributed by atoms with van der Waals surface area (Å²) in [5, 5.41) is 3.18. The molecule has 2 atom stereocenters. The summed E-state index contributed by atoms with van der Waals surface area (Å²) in [6.45, 7) is 0.840. The van der Waals surface area contributed by atoms with Crippen LogP contribution in [0.25, 0.3) is 0 Å². The Bertz CT molecular complexity index is 725. The number of halogens is 2. The number of hydrogen-bond acceptors (Lipinski definition) is 3. The number of likely N-dealkylation sites (tertiary alicyclic amines) is 1. The van der Waals surface area contributed by atoms with Gasteiger partial charge in [0.1, 0.15) is 5.82 Å². The number of carbonyl (C=O) groups is 1. The van der Waals surface area contributed by atoms with Gasteiger partial charge in [-0.3, -0.25) is 14.7 Å². The summed E-state index contributed by atoms with van der Waals surface area (Å²) in [5.41, 5.74) is 1.69. The number of hydrogen-bond donors (Lipinski definition) is 1. The Hall–Kier alpha value is -1.98. The van der Waals surface area contributed by atoms with Crippen molar-refractivity contribution in [2.75, 3.05) is 13.6 Å². The Kier molecular flexibility index (Phi) is 5.11. The number of aromatic nitrogens is 1. The molecule has 1 N–H and O–H groups in total. The minimum absolute atomic E-state index is 0.0530. The van der Waals surface area contributed by atoms with E-state index < -0.39 is 5.82 Å². The predicted octanol–water partition coefficient (Wildman–Crippen LogP) is 2.98. The number of pyridine rings is 1. The molecule has 0 radical (unpaired) electrons. The molecule has 0 spiro atoms. The zero-order valence-corrected chi connectivity index (χ0v) is 14.1. The van der Waals surface area contributed by atoms with Crippen LogP contribution in [0, 0.1) is 5.82 Å². The maximum absolute atomic E-state index is 13.8. The molecule has 1 aliphatic rings. The minimum Gasteiger partial charge on any atom is -0.351 e. The molecule has 1 aliphatic heterocycles. The monoisotopic (exact) mass is 347 g/mol. The molecule has 0 aliphatic carbocycles. The van der Waals surface area contributed by atoms with Crippen molar-refractivity contribution in [3.05, 3.63) is 64.7 Å². The first-order chi connectivity index (χ1) is 11.5. The van der Waals surface area contributed by atoms with Gasteiger partial charge in [0.25, 0.3) is 0 Å². The van der Waals surface area contributed by atoms with E-state index in [2.05, 4.69) is 15.2 Å². The zero-order valence-electron chi connectivity index (χ0n) is 13.4. The molecule has 2 heterocycles. The molecule has 1 amide bonds. The Morgan fingerprint density at radius 1 is 1.46 bits per heavy atom. The van der Waals surface area contributed by atoms with E-state index in [0.717, 1.165) is 24.1 Å². The SMILES string of the molecule is CN1CC[C@@H](NC(=O)Cc2cccnc2)[C@H]1c1ccc(Cl)c(F)c1. The molecule has 4 nitrogen and oxygen atoms in total. The van der Waals surface area contributed by atoms with E-state index in [1.54, 1.807) is 18.5 Å². The third kappa shape index (κ3) is 3.74. The van der Waals surface area contributed by atoms with Crippen molar-refractivity contribution >= 4 is 17.5 Å². The first-order valence-corrected chi connectivity index (χ1v) is 8.26. The lowest BCUT2D eigenvalue weighted by Gasteiger charge is -2.26. The van der Waals surface area contributed by atoms with Gasteiger partial charge >= 0.3 is 0 Å². The Morgan fingerprint density at radius 3 is 3.00 bits per heavy atom. The number of carbonyl (C=O) groups excluding carboxylic acids is 1. The molecule has 3 rings (SSSR count). The molecular weight excluding hydrogens is 329 g/mol. The maximum Gasteiger partial charge on any atom is 0.224 e. The van der Waals surface area contributed by atoms with Crippen LogP contribution in [0.5, 0.6) is 0 Å². The van der Waals surface area contributed by atoms with E-state index in [9.17, 15) is 9.18 Å². The highest BCUT2D eigenvalue weighted by Gasteiger charge is 2.34. The second-order valence-electron chi connectivity index (χ2n) is 6.10. The molecule has 1 fully saturated rings. The van der Waals surface area contributed by atoms with E-state index in [4.69, 9.17) is 11.6 Å². The summed E-state index contributed by atoms with van der Waals surface area (Å²) in [5.74, 6) is -0.488. The van der Waals surface area contributed by atoms with Crippen LogP contribution in [0.15, 0.2) is 42.7 Å². The number of nitrogens with zero attached hydrogens (tertiary/aromatic N) is 2. The van der Waals surface area contributed by atoms with Crippen molar-refractivity contribution in [2.45, 2.75) is 24.9 Å². The Labute approximate surface area is 145 Å². The minimum atomic E-state index is -0.435. The topological polar surface area (TPSA) is 45.2 Å². The standard InChI is InChI=1S/C18H19ClFN3O/c1-23-8-6-16(18(23)13-4-5-14(19)15(20)10-13)22-17(24)9-12-3-2-7-21-11-12/h2-5,7,10-11,16,18H,6,8-9H2,1H3,(H,22,24)/t16-,18-/m1/s1. The van der Waals surface area contributed by atoms with E-state index in [-0.39, 0.29) is 29.4 Å². The summed E-state index contributed by atoms with van der Waals surface area (Å²) in [6.07, 6.45) is 4.48. The Morgan fingerprint density at radius 2 is 2.29 bits per heavy atom. The highest BCUT2D eigenvalue weighted by Crippen LogP contribution is 2.32. The first kappa shape index (κ1) is 16.9. The van der Waals surface area contributed by atoms with Gasteiger partial charge in [0, 0.05) is 25.0 Å². The zero-order chi connectivity index (χ0) is 17.1. The number of rotatable bonds is 4. The van der Waals surface area contributed by atoms with Gasteiger partial charge in [-0.25, -0.2) is 4.39 Å². The van der Waals surface area contributed by atoms with Crippen molar-refractivity contribution in [3.8, 4) is 0 Å². The van der Waals surface area contributed by atoms with Gasteiger partial charge in [-0.05, 0) is 42.8 Å². The molecule has 0 unspecified atom stereocenters. The van der Waals surface area contributed by atoms with Gasteiger partial charge in [-0.2, -0.15) is 0 Å². The molecule has 2 aromatic rings. The van der Waals surface area contributed by atoms with E-state index in [1.165, 1.54) is 6.07 Å². The number of amides is 1. The number of nitrogens with one attached hydrogen (secondary N) is 1. The van der Waals surface area contributed by atoms with Crippen LogP contribution < -0.4 is 5.32 Å². The van der Waals surface area contributed by atoms with Crippen LogP contribution >= 0.6 is 11.6 Å². The molecule has 126 valence electrons. The van der Waals surface area contributed by atoms with Crippen LogP contribution in [-0.4, -0.2) is 35.4 Å². The molecule has 6 heteroatoms. The van der Waals surface area contributed by atoms with Crippen molar-refractivity contribution in [1.29, 1.82) is 0 Å². The fourth-order valence-corrected chi connectivity index (χ4v) is 3.34. The smallest absolute Gasteiger partial charge is 0.224 e. The summed E-state index contributed by atoms with van der Waals surface area (Å²) in [4.78, 5) is 18.5. The second-order valence-corrected chi connectivity index (χ2v) is 6.51. The third-order valence-electron chi connectivity index (χ3n) is 4.37. The highest BCUT2D eigenvalue weighted by molar-refractivity contribution is 6.30. The van der Waals surface area contributed by atoms with Crippen molar-refractivity contribution in [1.82, 2.24) is 15.2 Å². The average molecular weight is 348 g/mol.